The molecule has 0 unspecified atom stereocenters. The van der Waals surface area contributed by atoms with Gasteiger partial charge in [-0.1, -0.05) is 24.3 Å². The maximum atomic E-state index is 11.8. The highest BCUT2D eigenvalue weighted by molar-refractivity contribution is 6.10. The van der Waals surface area contributed by atoms with Crippen molar-refractivity contribution in [3.8, 4) is 11.3 Å². The Morgan fingerprint density at radius 1 is 1.00 bits per heavy atom. The molecule has 4 heteroatoms. The molecule has 0 saturated carbocycles. The first kappa shape index (κ1) is 11.3. The fourth-order valence-electron chi connectivity index (χ4n) is 2.12. The Bertz CT molecular complexity index is 754. The van der Waals surface area contributed by atoms with Crippen molar-refractivity contribution in [1.29, 1.82) is 0 Å². The van der Waals surface area contributed by atoms with Gasteiger partial charge in [0.2, 0.25) is 5.91 Å². The number of nitrogens with two attached hydrogens (primary N) is 1. The van der Waals surface area contributed by atoms with Gasteiger partial charge in [0.15, 0.2) is 0 Å². The van der Waals surface area contributed by atoms with E-state index in [1.54, 1.807) is 12.4 Å². The summed E-state index contributed by atoms with van der Waals surface area (Å²) in [6.45, 7) is 0. The minimum Gasteiger partial charge on any atom is -0.366 e. The number of carbonyl (C=O) groups is 1. The van der Waals surface area contributed by atoms with Gasteiger partial charge < -0.3 is 5.73 Å². The van der Waals surface area contributed by atoms with Crippen LogP contribution in [0.4, 0.5) is 0 Å². The van der Waals surface area contributed by atoms with Gasteiger partial charge in [0.25, 0.3) is 0 Å². The molecule has 0 bridgehead atoms. The molecule has 0 fully saturated rings. The summed E-state index contributed by atoms with van der Waals surface area (Å²) in [5.74, 6) is -0.473. The molecule has 3 aromatic rings. The van der Waals surface area contributed by atoms with Crippen molar-refractivity contribution in [2.75, 3.05) is 0 Å². The highest BCUT2D eigenvalue weighted by Crippen LogP contribution is 2.26. The molecule has 2 aromatic heterocycles. The summed E-state index contributed by atoms with van der Waals surface area (Å²) >= 11 is 0. The molecule has 92 valence electrons. The van der Waals surface area contributed by atoms with Gasteiger partial charge in [-0.15, -0.1) is 0 Å². The number of primary amides is 1. The van der Waals surface area contributed by atoms with E-state index in [0.29, 0.717) is 16.8 Å². The van der Waals surface area contributed by atoms with Crippen LogP contribution in [0.1, 0.15) is 10.4 Å². The Balaban J connectivity index is 2.37. The predicted molar refractivity (Wildman–Crippen MR) is 73.5 cm³/mol. The molecule has 2 heterocycles. The molecule has 1 amide bonds. The van der Waals surface area contributed by atoms with Crippen molar-refractivity contribution in [3.63, 3.8) is 0 Å². The Hall–Kier alpha value is -2.75. The van der Waals surface area contributed by atoms with Crippen molar-refractivity contribution in [2.24, 2.45) is 5.73 Å². The molecule has 0 spiro atoms. The number of para-hydroxylation sites is 1. The lowest BCUT2D eigenvalue weighted by Crippen LogP contribution is -2.13. The lowest BCUT2D eigenvalue weighted by atomic mass is 10.0. The van der Waals surface area contributed by atoms with Crippen molar-refractivity contribution < 1.29 is 4.79 Å². The molecule has 3 rings (SSSR count). The van der Waals surface area contributed by atoms with Crippen LogP contribution in [0, 0.1) is 0 Å². The second-order valence-corrected chi connectivity index (χ2v) is 4.14. The second kappa shape index (κ2) is 4.49. The maximum absolute atomic E-state index is 11.8. The van der Waals surface area contributed by atoms with E-state index in [1.807, 2.05) is 42.5 Å². The standard InChI is InChI=1S/C15H11N3O/c16-15(19)14-10-5-1-2-6-12(10)18-9-11(14)13-7-3-4-8-17-13/h1-9H,(H2,16,19). The van der Waals surface area contributed by atoms with Gasteiger partial charge in [-0.05, 0) is 18.2 Å². The van der Waals surface area contributed by atoms with Crippen LogP contribution in [-0.4, -0.2) is 15.9 Å². The largest absolute Gasteiger partial charge is 0.366 e. The SMILES string of the molecule is NC(=O)c1c(-c2ccccn2)cnc2ccccc12. The monoisotopic (exact) mass is 249 g/mol. The van der Waals surface area contributed by atoms with Crippen LogP contribution in [0.5, 0.6) is 0 Å². The zero-order chi connectivity index (χ0) is 13.2. The number of aromatic nitrogens is 2. The van der Waals surface area contributed by atoms with Crippen molar-refractivity contribution >= 4 is 16.8 Å². The average Bonchev–Trinajstić information content (AvgIpc) is 2.46. The fourth-order valence-corrected chi connectivity index (χ4v) is 2.12. The van der Waals surface area contributed by atoms with Crippen LogP contribution in [0.15, 0.2) is 54.9 Å². The lowest BCUT2D eigenvalue weighted by Gasteiger charge is -2.09. The molecular weight excluding hydrogens is 238 g/mol. The van der Waals surface area contributed by atoms with E-state index in [-0.39, 0.29) is 0 Å². The van der Waals surface area contributed by atoms with Crippen LogP contribution in [-0.2, 0) is 0 Å². The average molecular weight is 249 g/mol. The molecule has 0 aliphatic rings. The second-order valence-electron chi connectivity index (χ2n) is 4.14. The molecule has 4 nitrogen and oxygen atoms in total. The predicted octanol–water partition coefficient (Wildman–Crippen LogP) is 2.40. The number of benzene rings is 1. The van der Waals surface area contributed by atoms with E-state index in [1.165, 1.54) is 0 Å². The maximum Gasteiger partial charge on any atom is 0.250 e. The summed E-state index contributed by atoms with van der Waals surface area (Å²) in [5.41, 5.74) is 8.08. The molecule has 0 aliphatic heterocycles. The van der Waals surface area contributed by atoms with Gasteiger partial charge in [0.05, 0.1) is 16.8 Å². The van der Waals surface area contributed by atoms with Crippen LogP contribution >= 0.6 is 0 Å². The van der Waals surface area contributed by atoms with E-state index in [0.717, 1.165) is 10.9 Å². The van der Waals surface area contributed by atoms with Crippen LogP contribution in [0.2, 0.25) is 0 Å². The first-order valence-electron chi connectivity index (χ1n) is 5.86. The van der Waals surface area contributed by atoms with E-state index in [9.17, 15) is 4.79 Å². The molecule has 0 saturated heterocycles. The smallest absolute Gasteiger partial charge is 0.250 e. The minimum absolute atomic E-state index is 0.462. The third-order valence-electron chi connectivity index (χ3n) is 2.96. The van der Waals surface area contributed by atoms with E-state index in [4.69, 9.17) is 5.73 Å². The third kappa shape index (κ3) is 1.93. The first-order chi connectivity index (χ1) is 9.27. The van der Waals surface area contributed by atoms with Crippen molar-refractivity contribution in [3.05, 3.63) is 60.4 Å². The number of nitrogens with zero attached hydrogens (tertiary/aromatic N) is 2. The molecule has 0 radical (unpaired) electrons. The normalized spacial score (nSPS) is 10.5. The third-order valence-corrected chi connectivity index (χ3v) is 2.96. The quantitative estimate of drug-likeness (QED) is 0.758. The van der Waals surface area contributed by atoms with Crippen LogP contribution in [0.25, 0.3) is 22.2 Å². The highest BCUT2D eigenvalue weighted by Gasteiger charge is 2.15. The summed E-state index contributed by atoms with van der Waals surface area (Å²) in [6.07, 6.45) is 3.32. The number of amides is 1. The van der Waals surface area contributed by atoms with Crippen molar-refractivity contribution in [2.45, 2.75) is 0 Å². The Morgan fingerprint density at radius 2 is 1.79 bits per heavy atom. The Kier molecular flexibility index (Phi) is 2.68. The molecule has 1 aromatic carbocycles. The summed E-state index contributed by atoms with van der Waals surface area (Å²) in [4.78, 5) is 20.4. The Labute approximate surface area is 109 Å². The topological polar surface area (TPSA) is 68.9 Å². The zero-order valence-corrected chi connectivity index (χ0v) is 10.1. The molecule has 0 aliphatic carbocycles. The van der Waals surface area contributed by atoms with Gasteiger partial charge in [0, 0.05) is 23.3 Å². The van der Waals surface area contributed by atoms with Crippen LogP contribution in [0.3, 0.4) is 0 Å². The van der Waals surface area contributed by atoms with E-state index >= 15 is 0 Å². The molecular formula is C15H11N3O. The number of pyridine rings is 2. The summed E-state index contributed by atoms with van der Waals surface area (Å²) in [5, 5.41) is 0.748. The van der Waals surface area contributed by atoms with Gasteiger partial charge in [-0.3, -0.25) is 14.8 Å². The first-order valence-corrected chi connectivity index (χ1v) is 5.86. The number of hydrogen-bond donors (Lipinski definition) is 1. The summed E-state index contributed by atoms with van der Waals surface area (Å²) in [6, 6.07) is 12.9. The minimum atomic E-state index is -0.473. The van der Waals surface area contributed by atoms with Gasteiger partial charge in [-0.2, -0.15) is 0 Å². The van der Waals surface area contributed by atoms with Crippen LogP contribution < -0.4 is 5.73 Å². The number of fused-ring (bicyclic) bond motifs is 1. The lowest BCUT2D eigenvalue weighted by molar-refractivity contribution is 0.100. The van der Waals surface area contributed by atoms with E-state index in [2.05, 4.69) is 9.97 Å². The molecule has 19 heavy (non-hydrogen) atoms. The highest BCUT2D eigenvalue weighted by atomic mass is 16.1. The van der Waals surface area contributed by atoms with Gasteiger partial charge in [0.1, 0.15) is 0 Å². The van der Waals surface area contributed by atoms with Gasteiger partial charge >= 0.3 is 0 Å². The van der Waals surface area contributed by atoms with Gasteiger partial charge in [-0.25, -0.2) is 0 Å². The summed E-state index contributed by atoms with van der Waals surface area (Å²) < 4.78 is 0. The number of hydrogen-bond acceptors (Lipinski definition) is 3. The fraction of sp³-hybridized carbons (Fsp3) is 0. The Morgan fingerprint density at radius 3 is 2.53 bits per heavy atom. The zero-order valence-electron chi connectivity index (χ0n) is 10.1. The summed E-state index contributed by atoms with van der Waals surface area (Å²) in [7, 11) is 0. The molecule has 2 N–H and O–H groups in total. The van der Waals surface area contributed by atoms with Crippen molar-refractivity contribution in [1.82, 2.24) is 9.97 Å². The molecule has 0 atom stereocenters. The number of carbonyl (C=O) groups excluding carboxylic acids is 1. The van der Waals surface area contributed by atoms with E-state index < -0.39 is 5.91 Å². The number of rotatable bonds is 2.